The van der Waals surface area contributed by atoms with E-state index in [2.05, 4.69) is 26.1 Å². The van der Waals surface area contributed by atoms with Gasteiger partial charge in [-0.05, 0) is 62.3 Å². The van der Waals surface area contributed by atoms with Crippen molar-refractivity contribution in [3.63, 3.8) is 0 Å². The predicted molar refractivity (Wildman–Crippen MR) is 143 cm³/mol. The molecule has 0 bridgehead atoms. The summed E-state index contributed by atoms with van der Waals surface area (Å²) in [5, 5.41) is 2.86. The smallest absolute Gasteiger partial charge is 0.250 e. The lowest BCUT2D eigenvalue weighted by Crippen LogP contribution is -2.58. The van der Waals surface area contributed by atoms with E-state index in [9.17, 15) is 14.4 Å². The maximum Gasteiger partial charge on any atom is 0.250 e. The molecule has 1 aromatic heterocycles. The van der Waals surface area contributed by atoms with Gasteiger partial charge in [-0.25, -0.2) is 0 Å². The van der Waals surface area contributed by atoms with Gasteiger partial charge >= 0.3 is 0 Å². The molecule has 3 atom stereocenters. The fourth-order valence-electron chi connectivity index (χ4n) is 6.71. The van der Waals surface area contributed by atoms with E-state index in [1.807, 2.05) is 35.2 Å². The van der Waals surface area contributed by atoms with Crippen molar-refractivity contribution in [2.45, 2.75) is 43.7 Å². The summed E-state index contributed by atoms with van der Waals surface area (Å²) in [5.41, 5.74) is 7.42. The summed E-state index contributed by atoms with van der Waals surface area (Å²) in [6, 6.07) is 13.8. The Kier molecular flexibility index (Phi) is 6.75. The van der Waals surface area contributed by atoms with Gasteiger partial charge < -0.3 is 20.0 Å². The lowest BCUT2D eigenvalue weighted by molar-refractivity contribution is -0.142. The second-order valence-corrected chi connectivity index (χ2v) is 11.0. The molecule has 1 spiro atoms. The summed E-state index contributed by atoms with van der Waals surface area (Å²) in [4.78, 5) is 50.0. The highest BCUT2D eigenvalue weighted by molar-refractivity contribution is 5.99. The number of benzene rings is 1. The van der Waals surface area contributed by atoms with Crippen LogP contribution in [-0.4, -0.2) is 76.9 Å². The standard InChI is InChI=1S/C28H35N7O3/c36-25(31-22-8-12-29-13-9-22)18-34-19-35(23-4-2-1-3-5-23)28(27(34)38)10-14-33(15-11-28)26(37)20-6-7-24-21(16-20)17-30-32-24/h1-5,8-9,12-13,20-21,24,30,32H,6-7,10-11,14-19H2,(H,29,31,36). The van der Waals surface area contributed by atoms with E-state index in [1.54, 1.807) is 29.4 Å². The van der Waals surface area contributed by atoms with Gasteiger partial charge in [0, 0.05) is 55.4 Å². The summed E-state index contributed by atoms with van der Waals surface area (Å²) in [5.74, 6) is 0.515. The van der Waals surface area contributed by atoms with Gasteiger partial charge in [0.25, 0.3) is 5.91 Å². The van der Waals surface area contributed by atoms with E-state index in [-0.39, 0.29) is 30.2 Å². The van der Waals surface area contributed by atoms with Crippen molar-refractivity contribution in [2.24, 2.45) is 11.8 Å². The molecule has 1 aliphatic carbocycles. The molecule has 1 saturated carbocycles. The van der Waals surface area contributed by atoms with Gasteiger partial charge in [-0.2, -0.15) is 0 Å². The first kappa shape index (κ1) is 24.8. The topological polar surface area (TPSA) is 110 Å². The van der Waals surface area contributed by atoms with Crippen LogP contribution in [0.2, 0.25) is 0 Å². The van der Waals surface area contributed by atoms with Crippen LogP contribution in [0.5, 0.6) is 0 Å². The summed E-state index contributed by atoms with van der Waals surface area (Å²) >= 11 is 0. The Morgan fingerprint density at radius 1 is 1.05 bits per heavy atom. The summed E-state index contributed by atoms with van der Waals surface area (Å²) in [6.07, 6.45) is 7.18. The Morgan fingerprint density at radius 2 is 1.82 bits per heavy atom. The molecule has 4 heterocycles. The number of hydrogen-bond acceptors (Lipinski definition) is 7. The van der Waals surface area contributed by atoms with Crippen LogP contribution in [0.1, 0.15) is 32.1 Å². The van der Waals surface area contributed by atoms with Gasteiger partial charge in [0.05, 0.1) is 6.67 Å². The van der Waals surface area contributed by atoms with Gasteiger partial charge in [-0.3, -0.25) is 30.2 Å². The molecule has 3 N–H and O–H groups in total. The number of hydrazine groups is 1. The largest absolute Gasteiger partial charge is 0.342 e. The van der Waals surface area contributed by atoms with Crippen LogP contribution in [0, 0.1) is 11.8 Å². The lowest BCUT2D eigenvalue weighted by Gasteiger charge is -2.44. The fraction of sp³-hybridized carbons (Fsp3) is 0.500. The number of piperidine rings is 1. The molecule has 3 aliphatic heterocycles. The lowest BCUT2D eigenvalue weighted by atomic mass is 9.77. The van der Waals surface area contributed by atoms with Crippen molar-refractivity contribution in [1.82, 2.24) is 25.6 Å². The second-order valence-electron chi connectivity index (χ2n) is 11.0. The van der Waals surface area contributed by atoms with Gasteiger partial charge in [-0.15, -0.1) is 0 Å². The fourth-order valence-corrected chi connectivity index (χ4v) is 6.71. The van der Waals surface area contributed by atoms with Crippen LogP contribution in [0.25, 0.3) is 0 Å². The first-order valence-corrected chi connectivity index (χ1v) is 13.6. The van der Waals surface area contributed by atoms with Crippen LogP contribution in [-0.2, 0) is 14.4 Å². The molecule has 6 rings (SSSR count). The van der Waals surface area contributed by atoms with E-state index in [0.29, 0.717) is 50.2 Å². The molecule has 3 unspecified atom stereocenters. The third-order valence-corrected chi connectivity index (χ3v) is 8.77. The number of nitrogens with one attached hydrogen (secondary N) is 3. The number of para-hydroxylation sites is 1. The minimum absolute atomic E-state index is 0.0262. The van der Waals surface area contributed by atoms with Crippen molar-refractivity contribution in [3.8, 4) is 0 Å². The van der Waals surface area contributed by atoms with Crippen molar-refractivity contribution in [3.05, 3.63) is 54.9 Å². The zero-order valence-corrected chi connectivity index (χ0v) is 21.5. The molecule has 3 saturated heterocycles. The minimum Gasteiger partial charge on any atom is -0.342 e. The monoisotopic (exact) mass is 517 g/mol. The molecular weight excluding hydrogens is 482 g/mol. The Labute approximate surface area is 222 Å². The number of hydrogen-bond donors (Lipinski definition) is 3. The minimum atomic E-state index is -0.758. The SMILES string of the molecule is O=C(CN1CN(c2ccccc2)C2(CCN(C(=O)C3CCC4NNCC4C3)CC2)C1=O)Nc1ccncc1. The van der Waals surface area contributed by atoms with Crippen molar-refractivity contribution in [1.29, 1.82) is 0 Å². The first-order valence-electron chi connectivity index (χ1n) is 13.6. The van der Waals surface area contributed by atoms with Crippen LogP contribution < -0.4 is 21.1 Å². The van der Waals surface area contributed by atoms with E-state index in [1.165, 1.54) is 0 Å². The molecule has 0 radical (unpaired) electrons. The average molecular weight is 518 g/mol. The number of amides is 3. The van der Waals surface area contributed by atoms with Crippen molar-refractivity contribution < 1.29 is 14.4 Å². The highest BCUT2D eigenvalue weighted by atomic mass is 16.2. The molecule has 38 heavy (non-hydrogen) atoms. The molecule has 3 amide bonds. The number of rotatable bonds is 5. The molecular formula is C28H35N7O3. The molecule has 200 valence electrons. The Hall–Kier alpha value is -3.50. The first-order chi connectivity index (χ1) is 18.5. The van der Waals surface area contributed by atoms with Crippen LogP contribution in [0.4, 0.5) is 11.4 Å². The van der Waals surface area contributed by atoms with Crippen molar-refractivity contribution >= 4 is 29.1 Å². The number of pyridine rings is 1. The van der Waals surface area contributed by atoms with Gasteiger partial charge in [-0.1, -0.05) is 18.2 Å². The number of likely N-dealkylation sites (tertiary alicyclic amines) is 1. The number of anilines is 2. The summed E-state index contributed by atoms with van der Waals surface area (Å²) in [6.45, 7) is 2.33. The van der Waals surface area contributed by atoms with Gasteiger partial charge in [0.2, 0.25) is 11.8 Å². The number of fused-ring (bicyclic) bond motifs is 1. The Balaban J connectivity index is 1.15. The number of carbonyl (C=O) groups excluding carboxylic acids is 3. The predicted octanol–water partition coefficient (Wildman–Crippen LogP) is 1.58. The molecule has 10 nitrogen and oxygen atoms in total. The van der Waals surface area contributed by atoms with E-state index in [4.69, 9.17) is 0 Å². The maximum absolute atomic E-state index is 13.9. The number of nitrogens with zero attached hydrogens (tertiary/aromatic N) is 4. The normalized spacial score (nSPS) is 26.5. The van der Waals surface area contributed by atoms with Gasteiger partial charge in [0.15, 0.2) is 0 Å². The highest BCUT2D eigenvalue weighted by Crippen LogP contribution is 2.40. The van der Waals surface area contributed by atoms with E-state index >= 15 is 0 Å². The highest BCUT2D eigenvalue weighted by Gasteiger charge is 2.54. The van der Waals surface area contributed by atoms with E-state index in [0.717, 1.165) is 31.5 Å². The molecule has 2 aromatic rings. The van der Waals surface area contributed by atoms with Crippen LogP contribution >= 0.6 is 0 Å². The number of carbonyl (C=O) groups is 3. The van der Waals surface area contributed by atoms with Gasteiger partial charge in [0.1, 0.15) is 12.1 Å². The third kappa shape index (κ3) is 4.63. The summed E-state index contributed by atoms with van der Waals surface area (Å²) < 4.78 is 0. The number of aromatic nitrogens is 1. The molecule has 10 heteroatoms. The molecule has 1 aromatic carbocycles. The third-order valence-electron chi connectivity index (χ3n) is 8.77. The zero-order chi connectivity index (χ0) is 26.1. The summed E-state index contributed by atoms with van der Waals surface area (Å²) in [7, 11) is 0. The van der Waals surface area contributed by atoms with Crippen molar-refractivity contribution in [2.75, 3.05) is 43.1 Å². The van der Waals surface area contributed by atoms with Crippen LogP contribution in [0.3, 0.4) is 0 Å². The Bertz CT molecular complexity index is 1170. The van der Waals surface area contributed by atoms with Crippen LogP contribution in [0.15, 0.2) is 54.9 Å². The maximum atomic E-state index is 13.9. The Morgan fingerprint density at radius 3 is 2.58 bits per heavy atom. The van der Waals surface area contributed by atoms with E-state index < -0.39 is 5.54 Å². The molecule has 4 fully saturated rings. The molecule has 4 aliphatic rings. The average Bonchev–Trinajstić information content (AvgIpc) is 3.53. The quantitative estimate of drug-likeness (QED) is 0.553. The zero-order valence-electron chi connectivity index (χ0n) is 21.5. The second kappa shape index (κ2) is 10.3.